The molecule has 164 valence electrons. The summed E-state index contributed by atoms with van der Waals surface area (Å²) in [6.45, 7) is 0. The molecule has 0 aliphatic heterocycles. The van der Waals surface area contributed by atoms with Gasteiger partial charge in [-0.2, -0.15) is 0 Å². The van der Waals surface area contributed by atoms with Gasteiger partial charge in [0.1, 0.15) is 11.8 Å². The average molecular weight is 466 g/mol. The van der Waals surface area contributed by atoms with Gasteiger partial charge in [0.15, 0.2) is 0 Å². The fourth-order valence-corrected chi connectivity index (χ4v) is 6.72. The summed E-state index contributed by atoms with van der Waals surface area (Å²) in [7, 11) is 0. The first-order valence-corrected chi connectivity index (χ1v) is 12.6. The number of hydrogen-bond donors (Lipinski definition) is 0. The van der Waals surface area contributed by atoms with Crippen molar-refractivity contribution >= 4 is 64.3 Å². The molecule has 0 bridgehead atoms. The van der Waals surface area contributed by atoms with Crippen LogP contribution >= 0.6 is 11.3 Å². The van der Waals surface area contributed by atoms with E-state index in [2.05, 4.69) is 112 Å². The van der Waals surface area contributed by atoms with Crippen molar-refractivity contribution in [3.8, 4) is 11.4 Å². The van der Waals surface area contributed by atoms with Gasteiger partial charge in [-0.15, -0.1) is 11.3 Å². The van der Waals surface area contributed by atoms with Gasteiger partial charge in [-0.1, -0.05) is 72.8 Å². The first-order chi connectivity index (χ1) is 17.4. The van der Waals surface area contributed by atoms with Crippen LogP contribution in [0.4, 0.5) is 0 Å². The molecule has 0 N–H and O–H groups in total. The minimum atomic E-state index is 0.997. The highest BCUT2D eigenvalue weighted by atomic mass is 32.1. The lowest BCUT2D eigenvalue weighted by Crippen LogP contribution is -1.96. The van der Waals surface area contributed by atoms with Gasteiger partial charge >= 0.3 is 0 Å². The molecule has 0 saturated heterocycles. The zero-order valence-corrected chi connectivity index (χ0v) is 19.5. The third kappa shape index (κ3) is 2.57. The molecule has 5 aromatic carbocycles. The molecular formula is C31H19N3S. The smallest absolute Gasteiger partial charge is 0.113 e. The maximum atomic E-state index is 4.93. The summed E-state index contributed by atoms with van der Waals surface area (Å²) in [5.41, 5.74) is 6.77. The quantitative estimate of drug-likeness (QED) is 0.251. The molecule has 3 heterocycles. The van der Waals surface area contributed by atoms with E-state index >= 15 is 0 Å². The van der Waals surface area contributed by atoms with E-state index in [-0.39, 0.29) is 0 Å². The van der Waals surface area contributed by atoms with Crippen LogP contribution in [-0.4, -0.2) is 14.1 Å². The van der Waals surface area contributed by atoms with Crippen LogP contribution in [0.25, 0.3) is 64.4 Å². The van der Waals surface area contributed by atoms with Crippen molar-refractivity contribution in [3.05, 3.63) is 116 Å². The number of hydrogen-bond acceptors (Lipinski definition) is 2. The van der Waals surface area contributed by atoms with Crippen LogP contribution in [0, 0.1) is 0 Å². The molecule has 4 heteroatoms. The predicted octanol–water partition coefficient (Wildman–Crippen LogP) is 8.49. The summed E-state index contributed by atoms with van der Waals surface area (Å²) in [5, 5.41) is 5.17. The van der Waals surface area contributed by atoms with Crippen LogP contribution in [0.15, 0.2) is 116 Å². The third-order valence-corrected chi connectivity index (χ3v) is 8.20. The molecule has 3 aromatic heterocycles. The molecule has 0 aliphatic rings. The Hall–Kier alpha value is -4.41. The van der Waals surface area contributed by atoms with Gasteiger partial charge in [0.2, 0.25) is 0 Å². The number of thiophene rings is 1. The van der Waals surface area contributed by atoms with Crippen molar-refractivity contribution < 1.29 is 0 Å². The fourth-order valence-electron chi connectivity index (χ4n) is 5.48. The van der Waals surface area contributed by atoms with Gasteiger partial charge in [-0.3, -0.25) is 4.57 Å². The van der Waals surface area contributed by atoms with E-state index in [1.165, 1.54) is 42.0 Å². The Balaban J connectivity index is 1.54. The van der Waals surface area contributed by atoms with Crippen LogP contribution in [0.5, 0.6) is 0 Å². The summed E-state index contributed by atoms with van der Waals surface area (Å²) in [6, 6.07) is 38.9. The number of rotatable bonds is 2. The Morgan fingerprint density at radius 1 is 0.571 bits per heavy atom. The van der Waals surface area contributed by atoms with Crippen LogP contribution in [0.3, 0.4) is 0 Å². The zero-order valence-electron chi connectivity index (χ0n) is 18.7. The number of fused-ring (bicyclic) bond motifs is 8. The second kappa shape index (κ2) is 7.05. The van der Waals surface area contributed by atoms with E-state index in [9.17, 15) is 0 Å². The number of nitrogens with zero attached hydrogens (tertiary/aromatic N) is 3. The highest BCUT2D eigenvalue weighted by Crippen LogP contribution is 2.43. The normalized spacial score (nSPS) is 12.0. The SMILES string of the molecule is c1ccc(-n2cnc3c(-n4c5ccccc5c5ccc6c7ccccc7sc6c54)cccc32)cc1. The molecule has 35 heavy (non-hydrogen) atoms. The van der Waals surface area contributed by atoms with Gasteiger partial charge in [-0.05, 0) is 36.4 Å². The maximum absolute atomic E-state index is 4.93. The summed E-state index contributed by atoms with van der Waals surface area (Å²) in [5.74, 6) is 0. The predicted molar refractivity (Wildman–Crippen MR) is 148 cm³/mol. The van der Waals surface area contributed by atoms with Crippen LogP contribution in [-0.2, 0) is 0 Å². The molecule has 0 atom stereocenters. The molecule has 0 amide bonds. The molecule has 3 nitrogen and oxygen atoms in total. The van der Waals surface area contributed by atoms with Crippen LogP contribution < -0.4 is 0 Å². The van der Waals surface area contributed by atoms with Gasteiger partial charge in [0.05, 0.1) is 26.9 Å². The second-order valence-electron chi connectivity index (χ2n) is 8.88. The van der Waals surface area contributed by atoms with E-state index in [0.717, 1.165) is 22.4 Å². The summed E-state index contributed by atoms with van der Waals surface area (Å²) < 4.78 is 7.23. The Bertz CT molecular complexity index is 2060. The van der Waals surface area contributed by atoms with E-state index in [1.54, 1.807) is 0 Å². The topological polar surface area (TPSA) is 22.8 Å². The van der Waals surface area contributed by atoms with Crippen molar-refractivity contribution in [2.45, 2.75) is 0 Å². The average Bonchev–Trinajstić information content (AvgIpc) is 3.61. The number of benzene rings is 5. The first kappa shape index (κ1) is 19.0. The van der Waals surface area contributed by atoms with Gasteiger partial charge in [0.25, 0.3) is 0 Å². The van der Waals surface area contributed by atoms with E-state index < -0.39 is 0 Å². The van der Waals surface area contributed by atoms with E-state index in [4.69, 9.17) is 4.98 Å². The Morgan fingerprint density at radius 2 is 1.31 bits per heavy atom. The minimum Gasteiger partial charge on any atom is -0.306 e. The van der Waals surface area contributed by atoms with Crippen molar-refractivity contribution in [2.75, 3.05) is 0 Å². The summed E-state index contributed by atoms with van der Waals surface area (Å²) in [6.07, 6.45) is 1.94. The lowest BCUT2D eigenvalue weighted by Gasteiger charge is -2.10. The number of imidazole rings is 1. The number of aromatic nitrogens is 3. The van der Waals surface area contributed by atoms with Gasteiger partial charge in [0, 0.05) is 31.9 Å². The highest BCUT2D eigenvalue weighted by Gasteiger charge is 2.19. The molecule has 0 unspecified atom stereocenters. The minimum absolute atomic E-state index is 0.997. The standard InChI is InChI=1S/C31H19N3S/c1-2-9-20(10-3-1)33-19-32-29-26(33)14-8-15-27(29)34-25-13-6-4-11-21(25)23-17-18-24-22-12-5-7-16-28(22)35-31(24)30(23)34/h1-19H. The van der Waals surface area contributed by atoms with E-state index in [1.807, 2.05) is 23.7 Å². The Morgan fingerprint density at radius 3 is 2.23 bits per heavy atom. The Kier molecular flexibility index (Phi) is 3.82. The molecule has 0 aliphatic carbocycles. The molecular weight excluding hydrogens is 446 g/mol. The Labute approximate surface area is 205 Å². The highest BCUT2D eigenvalue weighted by molar-refractivity contribution is 7.26. The third-order valence-electron chi connectivity index (χ3n) is 7.01. The lowest BCUT2D eigenvalue weighted by molar-refractivity contribution is 1.09. The fraction of sp³-hybridized carbons (Fsp3) is 0. The van der Waals surface area contributed by atoms with Gasteiger partial charge < -0.3 is 4.57 Å². The first-order valence-electron chi connectivity index (χ1n) is 11.7. The zero-order chi connectivity index (χ0) is 22.9. The molecule has 0 radical (unpaired) electrons. The van der Waals surface area contributed by atoms with Crippen molar-refractivity contribution in [1.29, 1.82) is 0 Å². The molecule has 8 rings (SSSR count). The largest absolute Gasteiger partial charge is 0.306 e. The molecule has 0 spiro atoms. The van der Waals surface area contributed by atoms with Crippen molar-refractivity contribution in [3.63, 3.8) is 0 Å². The lowest BCUT2D eigenvalue weighted by atomic mass is 10.1. The summed E-state index contributed by atoms with van der Waals surface area (Å²) >= 11 is 1.88. The van der Waals surface area contributed by atoms with Crippen LogP contribution in [0.2, 0.25) is 0 Å². The second-order valence-corrected chi connectivity index (χ2v) is 9.94. The molecule has 0 fully saturated rings. The monoisotopic (exact) mass is 465 g/mol. The maximum Gasteiger partial charge on any atom is 0.113 e. The summed E-state index contributed by atoms with van der Waals surface area (Å²) in [4.78, 5) is 4.93. The van der Waals surface area contributed by atoms with Gasteiger partial charge in [-0.25, -0.2) is 4.98 Å². The van der Waals surface area contributed by atoms with E-state index in [0.29, 0.717) is 0 Å². The van der Waals surface area contributed by atoms with Crippen molar-refractivity contribution in [1.82, 2.24) is 14.1 Å². The molecule has 0 saturated carbocycles. The van der Waals surface area contributed by atoms with Crippen molar-refractivity contribution in [2.24, 2.45) is 0 Å². The van der Waals surface area contributed by atoms with Crippen LogP contribution in [0.1, 0.15) is 0 Å². The molecule has 8 aromatic rings. The number of para-hydroxylation sites is 3.